The van der Waals surface area contributed by atoms with E-state index < -0.39 is 47.3 Å². The van der Waals surface area contributed by atoms with Crippen LogP contribution in [0, 0.1) is 0 Å². The Morgan fingerprint density at radius 1 is 0.897 bits per heavy atom. The Balaban J connectivity index is 5.25. The van der Waals surface area contributed by atoms with Crippen molar-refractivity contribution in [2.24, 2.45) is 0 Å². The van der Waals surface area contributed by atoms with Crippen molar-refractivity contribution in [3.8, 4) is 0 Å². The number of amides is 3. The van der Waals surface area contributed by atoms with Crippen LogP contribution in [-0.2, 0) is 23.8 Å². The van der Waals surface area contributed by atoms with Crippen molar-refractivity contribution in [3.63, 3.8) is 0 Å². The predicted molar refractivity (Wildman–Crippen MR) is 106 cm³/mol. The zero-order valence-electron chi connectivity index (χ0n) is 18.2. The number of nitrogens with one attached hydrogen (secondary N) is 3. The number of rotatable bonds is 8. The lowest BCUT2D eigenvalue weighted by Gasteiger charge is -2.25. The van der Waals surface area contributed by atoms with Crippen LogP contribution in [0.4, 0.5) is 9.59 Å². The molecule has 0 rings (SSSR count). The zero-order chi connectivity index (χ0) is 22.8. The molecule has 0 saturated carbocycles. The molecule has 0 aliphatic carbocycles. The van der Waals surface area contributed by atoms with E-state index in [9.17, 15) is 19.2 Å². The molecule has 2 atom stereocenters. The Labute approximate surface area is 171 Å². The molecule has 0 saturated heterocycles. The summed E-state index contributed by atoms with van der Waals surface area (Å²) in [5.41, 5.74) is -1.53. The molecule has 0 aliphatic rings. The fourth-order valence-corrected chi connectivity index (χ4v) is 1.95. The van der Waals surface area contributed by atoms with E-state index in [0.717, 1.165) is 0 Å². The van der Waals surface area contributed by atoms with Crippen LogP contribution in [-0.4, -0.2) is 61.0 Å². The van der Waals surface area contributed by atoms with Crippen LogP contribution in [0.5, 0.6) is 0 Å². The van der Waals surface area contributed by atoms with Crippen molar-refractivity contribution < 1.29 is 33.4 Å². The van der Waals surface area contributed by atoms with E-state index >= 15 is 0 Å². The van der Waals surface area contributed by atoms with E-state index in [1.54, 1.807) is 41.5 Å². The van der Waals surface area contributed by atoms with Crippen LogP contribution in [0.15, 0.2) is 12.7 Å². The van der Waals surface area contributed by atoms with Gasteiger partial charge >= 0.3 is 18.2 Å². The van der Waals surface area contributed by atoms with Crippen molar-refractivity contribution >= 4 is 24.1 Å². The molecule has 0 radical (unpaired) electrons. The van der Waals surface area contributed by atoms with Crippen LogP contribution in [0.25, 0.3) is 0 Å². The van der Waals surface area contributed by atoms with Crippen LogP contribution < -0.4 is 16.0 Å². The van der Waals surface area contributed by atoms with Gasteiger partial charge in [0.05, 0.1) is 13.7 Å². The third-order valence-corrected chi connectivity index (χ3v) is 3.06. The first-order chi connectivity index (χ1) is 13.2. The molecule has 0 aromatic carbocycles. The first kappa shape index (κ1) is 26.2. The first-order valence-electron chi connectivity index (χ1n) is 9.14. The van der Waals surface area contributed by atoms with Crippen molar-refractivity contribution in [3.05, 3.63) is 12.7 Å². The van der Waals surface area contributed by atoms with Gasteiger partial charge in [0.2, 0.25) is 5.91 Å². The quantitative estimate of drug-likeness (QED) is 0.312. The first-order valence-corrected chi connectivity index (χ1v) is 9.14. The summed E-state index contributed by atoms with van der Waals surface area (Å²) in [5, 5.41) is 7.24. The van der Waals surface area contributed by atoms with Gasteiger partial charge < -0.3 is 30.2 Å². The van der Waals surface area contributed by atoms with Crippen LogP contribution >= 0.6 is 0 Å². The molecular weight excluding hydrogens is 382 g/mol. The molecule has 0 bridgehead atoms. The second-order valence-electron chi connectivity index (χ2n) is 8.19. The van der Waals surface area contributed by atoms with Gasteiger partial charge in [-0.25, -0.2) is 14.4 Å². The predicted octanol–water partition coefficient (Wildman–Crippen LogP) is 1.64. The maximum absolute atomic E-state index is 12.6. The van der Waals surface area contributed by atoms with Gasteiger partial charge in [-0.1, -0.05) is 6.08 Å². The third-order valence-electron chi connectivity index (χ3n) is 3.06. The maximum Gasteiger partial charge on any atom is 0.408 e. The molecule has 10 nitrogen and oxygen atoms in total. The SMILES string of the molecule is C=CC[C@H](NC(=O)[C@H](CNC(=O)OC(C)(C)C)NC(=O)OC(C)(C)C)C(=O)OC. The number of carbonyl (C=O) groups excluding carboxylic acids is 4. The lowest BCUT2D eigenvalue weighted by molar-refractivity contribution is -0.145. The van der Waals surface area contributed by atoms with Gasteiger partial charge in [0.1, 0.15) is 23.3 Å². The van der Waals surface area contributed by atoms with Gasteiger partial charge in [-0.3, -0.25) is 4.79 Å². The van der Waals surface area contributed by atoms with Crippen LogP contribution in [0.1, 0.15) is 48.0 Å². The standard InChI is InChI=1S/C19H33N3O7/c1-9-10-12(15(24)27-8)21-14(23)13(22-17(26)29-19(5,6)7)11-20-16(25)28-18(2,3)4/h9,12-13H,1,10-11H2,2-8H3,(H,20,25)(H,21,23)(H,22,26)/t12-,13-/m0/s1. The minimum absolute atomic E-state index is 0.122. The van der Waals surface area contributed by atoms with Crippen molar-refractivity contribution in [2.45, 2.75) is 71.2 Å². The van der Waals surface area contributed by atoms with Gasteiger partial charge in [0.25, 0.3) is 0 Å². The van der Waals surface area contributed by atoms with Gasteiger partial charge in [-0.15, -0.1) is 6.58 Å². The maximum atomic E-state index is 12.6. The van der Waals surface area contributed by atoms with Crippen molar-refractivity contribution in [2.75, 3.05) is 13.7 Å². The Morgan fingerprint density at radius 3 is 1.86 bits per heavy atom. The molecule has 10 heteroatoms. The number of alkyl carbamates (subject to hydrolysis) is 2. The Kier molecular flexibility index (Phi) is 10.2. The highest BCUT2D eigenvalue weighted by molar-refractivity contribution is 5.90. The number of hydrogen-bond donors (Lipinski definition) is 3. The Bertz CT molecular complexity index is 606. The molecule has 29 heavy (non-hydrogen) atoms. The number of esters is 1. The zero-order valence-corrected chi connectivity index (χ0v) is 18.2. The number of methoxy groups -OCH3 is 1. The second-order valence-corrected chi connectivity index (χ2v) is 8.19. The van der Waals surface area contributed by atoms with Crippen molar-refractivity contribution in [1.82, 2.24) is 16.0 Å². The van der Waals surface area contributed by atoms with E-state index in [4.69, 9.17) is 9.47 Å². The fraction of sp³-hybridized carbons (Fsp3) is 0.684. The minimum atomic E-state index is -1.23. The highest BCUT2D eigenvalue weighted by Gasteiger charge is 2.29. The highest BCUT2D eigenvalue weighted by Crippen LogP contribution is 2.08. The van der Waals surface area contributed by atoms with E-state index in [2.05, 4.69) is 27.3 Å². The molecule has 166 valence electrons. The molecular formula is C19H33N3O7. The number of carbonyl (C=O) groups is 4. The summed E-state index contributed by atoms with van der Waals surface area (Å²) in [6.45, 7) is 13.3. The Hall–Kier alpha value is -2.78. The largest absolute Gasteiger partial charge is 0.467 e. The normalized spacial score (nSPS) is 13.3. The van der Waals surface area contributed by atoms with Gasteiger partial charge in [-0.2, -0.15) is 0 Å². The molecule has 0 aromatic heterocycles. The van der Waals surface area contributed by atoms with E-state index in [-0.39, 0.29) is 13.0 Å². The van der Waals surface area contributed by atoms with E-state index in [1.807, 2.05) is 0 Å². The fourth-order valence-electron chi connectivity index (χ4n) is 1.95. The highest BCUT2D eigenvalue weighted by atomic mass is 16.6. The average Bonchev–Trinajstić information content (AvgIpc) is 2.54. The molecule has 0 aromatic rings. The molecule has 0 fully saturated rings. The summed E-state index contributed by atoms with van der Waals surface area (Å²) < 4.78 is 14.9. The summed E-state index contributed by atoms with van der Waals surface area (Å²) >= 11 is 0. The monoisotopic (exact) mass is 415 g/mol. The van der Waals surface area contributed by atoms with Gasteiger partial charge in [0.15, 0.2) is 0 Å². The topological polar surface area (TPSA) is 132 Å². The number of hydrogen-bond acceptors (Lipinski definition) is 7. The summed E-state index contributed by atoms with van der Waals surface area (Å²) in [6.07, 6.45) is -0.0624. The molecule has 0 aliphatic heterocycles. The molecule has 3 N–H and O–H groups in total. The summed E-state index contributed by atoms with van der Waals surface area (Å²) in [5.74, 6) is -1.39. The smallest absolute Gasteiger partial charge is 0.408 e. The van der Waals surface area contributed by atoms with Gasteiger partial charge in [0, 0.05) is 0 Å². The van der Waals surface area contributed by atoms with Crippen LogP contribution in [0.3, 0.4) is 0 Å². The molecule has 0 spiro atoms. The average molecular weight is 415 g/mol. The Morgan fingerprint density at radius 2 is 1.41 bits per heavy atom. The minimum Gasteiger partial charge on any atom is -0.467 e. The molecule has 0 unspecified atom stereocenters. The number of ether oxygens (including phenoxy) is 3. The lowest BCUT2D eigenvalue weighted by atomic mass is 10.1. The van der Waals surface area contributed by atoms with Gasteiger partial charge in [-0.05, 0) is 48.0 Å². The molecule has 0 heterocycles. The summed E-state index contributed by atoms with van der Waals surface area (Å²) in [6, 6.07) is -2.22. The summed E-state index contributed by atoms with van der Waals surface area (Å²) in [4.78, 5) is 48.4. The lowest BCUT2D eigenvalue weighted by Crippen LogP contribution is -2.56. The van der Waals surface area contributed by atoms with Crippen LogP contribution in [0.2, 0.25) is 0 Å². The van der Waals surface area contributed by atoms with Crippen molar-refractivity contribution in [1.29, 1.82) is 0 Å². The van der Waals surface area contributed by atoms with E-state index in [1.165, 1.54) is 13.2 Å². The van der Waals surface area contributed by atoms with E-state index in [0.29, 0.717) is 0 Å². The summed E-state index contributed by atoms with van der Waals surface area (Å²) in [7, 11) is 1.19. The third kappa shape index (κ3) is 12.3. The second kappa shape index (κ2) is 11.3. The molecule has 3 amide bonds.